The molecule has 2 fully saturated rings. The van der Waals surface area contributed by atoms with Crippen LogP contribution < -0.4 is 4.90 Å². The van der Waals surface area contributed by atoms with Crippen molar-refractivity contribution in [3.8, 4) is 0 Å². The van der Waals surface area contributed by atoms with Gasteiger partial charge in [-0.15, -0.1) is 0 Å². The van der Waals surface area contributed by atoms with Crippen molar-refractivity contribution in [1.82, 2.24) is 4.90 Å². The van der Waals surface area contributed by atoms with E-state index in [0.717, 1.165) is 29.7 Å². The van der Waals surface area contributed by atoms with Crippen molar-refractivity contribution in [3.05, 3.63) is 35.4 Å². The average molecular weight is 395 g/mol. The van der Waals surface area contributed by atoms with Crippen LogP contribution in [-0.2, 0) is 14.4 Å². The molecular formula is C24H30N2O3. The van der Waals surface area contributed by atoms with E-state index in [9.17, 15) is 14.4 Å². The fraction of sp³-hybridized carbons (Fsp3) is 0.542. The van der Waals surface area contributed by atoms with Gasteiger partial charge in [0, 0.05) is 17.6 Å². The largest absolute Gasteiger partial charge is 0.353 e. The van der Waals surface area contributed by atoms with E-state index < -0.39 is 23.3 Å². The number of imide groups is 1. The Bertz CT molecular complexity index is 911. The van der Waals surface area contributed by atoms with Crippen molar-refractivity contribution >= 4 is 29.4 Å². The van der Waals surface area contributed by atoms with Crippen molar-refractivity contribution in [3.63, 3.8) is 0 Å². The lowest BCUT2D eigenvalue weighted by Gasteiger charge is -2.38. The Kier molecular flexibility index (Phi) is 4.67. The third-order valence-corrected chi connectivity index (χ3v) is 6.50. The predicted octanol–water partition coefficient (Wildman–Crippen LogP) is 3.60. The predicted molar refractivity (Wildman–Crippen MR) is 113 cm³/mol. The van der Waals surface area contributed by atoms with E-state index in [2.05, 4.69) is 11.0 Å². The number of carbonyl (C=O) groups excluding carboxylic acids is 3. The second kappa shape index (κ2) is 6.82. The highest BCUT2D eigenvalue weighted by atomic mass is 16.2. The normalized spacial score (nSPS) is 27.9. The maximum atomic E-state index is 13.6. The summed E-state index contributed by atoms with van der Waals surface area (Å²) < 4.78 is 0. The van der Waals surface area contributed by atoms with E-state index in [0.29, 0.717) is 6.54 Å². The summed E-state index contributed by atoms with van der Waals surface area (Å²) >= 11 is 0. The van der Waals surface area contributed by atoms with Gasteiger partial charge in [-0.3, -0.25) is 19.3 Å². The van der Waals surface area contributed by atoms with Crippen molar-refractivity contribution in [1.29, 1.82) is 0 Å². The summed E-state index contributed by atoms with van der Waals surface area (Å²) in [5.41, 5.74) is 2.52. The van der Waals surface area contributed by atoms with Crippen LogP contribution in [0.2, 0.25) is 0 Å². The molecule has 5 nitrogen and oxygen atoms in total. The maximum absolute atomic E-state index is 13.6. The number of hydrogen-bond donors (Lipinski definition) is 0. The van der Waals surface area contributed by atoms with Gasteiger partial charge < -0.3 is 4.90 Å². The third kappa shape index (κ3) is 2.93. The Balaban J connectivity index is 1.83. The second-order valence-electron chi connectivity index (χ2n) is 9.61. The minimum absolute atomic E-state index is 0.0234. The first-order valence-electron chi connectivity index (χ1n) is 10.6. The van der Waals surface area contributed by atoms with E-state index in [1.807, 2.05) is 58.9 Å². The molecule has 0 radical (unpaired) electrons. The Morgan fingerprint density at radius 3 is 2.45 bits per heavy atom. The molecule has 3 aliphatic heterocycles. The minimum atomic E-state index is -0.612. The lowest BCUT2D eigenvalue weighted by Crippen LogP contribution is -2.51. The van der Waals surface area contributed by atoms with Crippen LogP contribution in [0.3, 0.4) is 0 Å². The van der Waals surface area contributed by atoms with Gasteiger partial charge in [0.2, 0.25) is 11.8 Å². The molecule has 3 aliphatic rings. The molecule has 0 bridgehead atoms. The van der Waals surface area contributed by atoms with Crippen molar-refractivity contribution in [2.24, 2.45) is 17.3 Å². The molecule has 0 aromatic heterocycles. The number of carbonyl (C=O) groups is 3. The molecule has 4 atom stereocenters. The number of amides is 2. The Labute approximate surface area is 172 Å². The fourth-order valence-corrected chi connectivity index (χ4v) is 5.03. The van der Waals surface area contributed by atoms with Gasteiger partial charge in [0.1, 0.15) is 6.04 Å². The van der Waals surface area contributed by atoms with Gasteiger partial charge >= 0.3 is 0 Å². The topological polar surface area (TPSA) is 57.7 Å². The van der Waals surface area contributed by atoms with Gasteiger partial charge in [0.15, 0.2) is 5.78 Å². The summed E-state index contributed by atoms with van der Waals surface area (Å²) in [7, 11) is 0. The number of likely N-dealkylation sites (tertiary alicyclic amines) is 1. The number of anilines is 1. The minimum Gasteiger partial charge on any atom is -0.353 e. The number of ketones is 1. The van der Waals surface area contributed by atoms with Crippen LogP contribution in [0.15, 0.2) is 24.3 Å². The molecule has 2 amide bonds. The van der Waals surface area contributed by atoms with E-state index in [1.165, 1.54) is 4.90 Å². The summed E-state index contributed by atoms with van der Waals surface area (Å²) in [6.45, 7) is 10.2. The van der Waals surface area contributed by atoms with E-state index >= 15 is 0 Å². The zero-order chi connectivity index (χ0) is 21.1. The molecule has 0 N–H and O–H groups in total. The van der Waals surface area contributed by atoms with E-state index in [-0.39, 0.29) is 23.6 Å². The number of nitrogens with zero attached hydrogens (tertiary/aromatic N) is 2. The quantitative estimate of drug-likeness (QED) is 0.732. The van der Waals surface area contributed by atoms with Crippen molar-refractivity contribution in [2.75, 3.05) is 11.4 Å². The lowest BCUT2D eigenvalue weighted by atomic mass is 9.79. The zero-order valence-corrected chi connectivity index (χ0v) is 17.9. The number of Topliss-reactive ketones (excluding diaryl/α,β-unsaturated/α-hetero) is 1. The molecule has 0 saturated carbocycles. The Morgan fingerprint density at radius 1 is 1.10 bits per heavy atom. The molecule has 5 heteroatoms. The molecule has 1 aromatic rings. The second-order valence-corrected chi connectivity index (χ2v) is 9.61. The number of aryl methyl sites for hydroxylation is 1. The highest BCUT2D eigenvalue weighted by Crippen LogP contribution is 2.49. The summed E-state index contributed by atoms with van der Waals surface area (Å²) in [4.78, 5) is 43.7. The number of benzene rings is 1. The van der Waals surface area contributed by atoms with Crippen LogP contribution >= 0.6 is 0 Å². The first-order chi connectivity index (χ1) is 13.7. The number of rotatable bonds is 4. The van der Waals surface area contributed by atoms with E-state index in [1.54, 1.807) is 0 Å². The molecule has 2 saturated heterocycles. The molecule has 29 heavy (non-hydrogen) atoms. The fourth-order valence-electron chi connectivity index (χ4n) is 5.03. The van der Waals surface area contributed by atoms with Crippen LogP contribution in [0, 0.1) is 24.2 Å². The van der Waals surface area contributed by atoms with Gasteiger partial charge in [0.05, 0.1) is 17.9 Å². The zero-order valence-electron chi connectivity index (χ0n) is 17.9. The number of hydrogen-bond acceptors (Lipinski definition) is 4. The van der Waals surface area contributed by atoms with E-state index in [4.69, 9.17) is 0 Å². The van der Waals surface area contributed by atoms with Gasteiger partial charge in [-0.25, -0.2) is 0 Å². The van der Waals surface area contributed by atoms with Crippen molar-refractivity contribution < 1.29 is 14.4 Å². The average Bonchev–Trinajstić information content (AvgIpc) is 3.12. The molecule has 4 rings (SSSR count). The van der Waals surface area contributed by atoms with Crippen LogP contribution in [0.25, 0.3) is 6.08 Å². The van der Waals surface area contributed by atoms with Gasteiger partial charge in [0.25, 0.3) is 0 Å². The Morgan fingerprint density at radius 2 is 1.79 bits per heavy atom. The Hall–Kier alpha value is -2.43. The monoisotopic (exact) mass is 394 g/mol. The molecule has 154 valence electrons. The van der Waals surface area contributed by atoms with Crippen LogP contribution in [-0.4, -0.2) is 41.1 Å². The first kappa shape index (κ1) is 19.9. The van der Waals surface area contributed by atoms with Gasteiger partial charge in [-0.2, -0.15) is 0 Å². The molecule has 0 spiro atoms. The van der Waals surface area contributed by atoms with Crippen LogP contribution in [0.4, 0.5) is 5.69 Å². The summed E-state index contributed by atoms with van der Waals surface area (Å²) in [5.74, 6) is -1.36. The van der Waals surface area contributed by atoms with Gasteiger partial charge in [-0.05, 0) is 31.0 Å². The number of fused-ring (bicyclic) bond motifs is 5. The molecule has 1 aromatic carbocycles. The summed E-state index contributed by atoms with van der Waals surface area (Å²) in [6, 6.07) is 5.27. The molecule has 3 heterocycles. The van der Waals surface area contributed by atoms with Crippen molar-refractivity contribution in [2.45, 2.75) is 59.5 Å². The standard InChI is InChI=1S/C24H30N2O3/c1-6-7-12-25-22(28)18-17-11-9-15-13-14(2)8-10-16(15)26(17)20(19(18)23(25)29)21(27)24(3,4)5/h8-11,13,17-20H,6-7,12H2,1-5H3/t17-,18+,19+,20-/m0/s1. The lowest BCUT2D eigenvalue weighted by molar-refractivity contribution is -0.142. The van der Waals surface area contributed by atoms with Crippen LogP contribution in [0.1, 0.15) is 51.7 Å². The summed E-state index contributed by atoms with van der Waals surface area (Å²) in [5, 5.41) is 0. The molecule has 0 aliphatic carbocycles. The first-order valence-corrected chi connectivity index (χ1v) is 10.6. The third-order valence-electron chi connectivity index (χ3n) is 6.50. The van der Waals surface area contributed by atoms with Gasteiger partial charge in [-0.1, -0.05) is 57.9 Å². The summed E-state index contributed by atoms with van der Waals surface area (Å²) in [6.07, 6.45) is 5.76. The maximum Gasteiger partial charge on any atom is 0.235 e. The highest BCUT2D eigenvalue weighted by molar-refractivity contribution is 6.11. The number of unbranched alkanes of at least 4 members (excludes halogenated alkanes) is 1. The molecule has 0 unspecified atom stereocenters. The highest BCUT2D eigenvalue weighted by Gasteiger charge is 2.64. The SMILES string of the molecule is CCCCN1C(=O)[C@@H]2[C@H](C1=O)[C@@H]1C=Cc3cc(C)ccc3N1[C@@H]2C(=O)C(C)(C)C. The smallest absolute Gasteiger partial charge is 0.235 e. The molecular weight excluding hydrogens is 364 g/mol. The van der Waals surface area contributed by atoms with Crippen LogP contribution in [0.5, 0.6) is 0 Å².